The Kier molecular flexibility index (Phi) is 6.27. The fraction of sp³-hybridized carbons (Fsp3) is 0.435. The van der Waals surface area contributed by atoms with Gasteiger partial charge in [-0.2, -0.15) is 14.6 Å². The van der Waals surface area contributed by atoms with Crippen LogP contribution in [0.25, 0.3) is 17.1 Å². The highest BCUT2D eigenvalue weighted by molar-refractivity contribution is 5.84. The first kappa shape index (κ1) is 23.8. The summed E-state index contributed by atoms with van der Waals surface area (Å²) in [5.74, 6) is 0.558. The molecule has 0 bridgehead atoms. The number of nitrogens with zero attached hydrogens (tertiary/aromatic N) is 7. The molecular formula is C23H26N8O6. The van der Waals surface area contributed by atoms with Gasteiger partial charge < -0.3 is 35.2 Å². The highest BCUT2D eigenvalue weighted by Gasteiger charge is 2.44. The molecule has 194 valence electrons. The Morgan fingerprint density at radius 1 is 1.14 bits per heavy atom. The third-order valence-corrected chi connectivity index (χ3v) is 6.58. The van der Waals surface area contributed by atoms with E-state index in [0.29, 0.717) is 41.5 Å². The first-order valence-electron chi connectivity index (χ1n) is 11.9. The smallest absolute Gasteiger partial charge is 0.256 e. The molecule has 4 aromatic rings. The third kappa shape index (κ3) is 4.33. The zero-order valence-corrected chi connectivity index (χ0v) is 19.6. The number of imidazole rings is 1. The second kappa shape index (κ2) is 9.74. The van der Waals surface area contributed by atoms with Crippen molar-refractivity contribution in [3.05, 3.63) is 54.1 Å². The number of benzene rings is 1. The van der Waals surface area contributed by atoms with E-state index >= 15 is 0 Å². The number of aliphatic hydroxyl groups is 4. The van der Waals surface area contributed by atoms with Gasteiger partial charge in [0, 0.05) is 6.61 Å². The highest BCUT2D eigenvalue weighted by atomic mass is 16.6. The molecule has 2 unspecified atom stereocenters. The fourth-order valence-corrected chi connectivity index (χ4v) is 4.55. The number of rotatable bonds is 7. The minimum absolute atomic E-state index is 0.0104. The average molecular weight is 511 g/mol. The van der Waals surface area contributed by atoms with Crippen molar-refractivity contribution in [2.75, 3.05) is 25.1 Å². The average Bonchev–Trinajstić information content (AvgIpc) is 3.73. The Balaban J connectivity index is 1.41. The lowest BCUT2D eigenvalue weighted by Gasteiger charge is -2.17. The van der Waals surface area contributed by atoms with Gasteiger partial charge in [0.1, 0.15) is 30.1 Å². The van der Waals surface area contributed by atoms with Crippen LogP contribution < -0.4 is 5.32 Å². The Bertz CT molecular complexity index is 1370. The van der Waals surface area contributed by atoms with Crippen LogP contribution in [0.3, 0.4) is 0 Å². The maximum Gasteiger partial charge on any atom is 0.256 e. The first-order valence-corrected chi connectivity index (χ1v) is 11.9. The van der Waals surface area contributed by atoms with Crippen LogP contribution in [0, 0.1) is 0 Å². The Morgan fingerprint density at radius 3 is 2.70 bits per heavy atom. The molecule has 2 aliphatic heterocycles. The van der Waals surface area contributed by atoms with Crippen LogP contribution in [0.1, 0.15) is 30.0 Å². The van der Waals surface area contributed by atoms with E-state index in [0.717, 1.165) is 6.42 Å². The number of aromatic nitrogens is 7. The molecule has 0 saturated carbocycles. The number of anilines is 1. The second-order valence-corrected chi connectivity index (χ2v) is 9.03. The van der Waals surface area contributed by atoms with Crippen molar-refractivity contribution < 1.29 is 29.9 Å². The molecule has 37 heavy (non-hydrogen) atoms. The van der Waals surface area contributed by atoms with Crippen LogP contribution in [0.4, 0.5) is 5.82 Å². The normalized spacial score (nSPS) is 26.6. The molecule has 14 nitrogen and oxygen atoms in total. The maximum absolute atomic E-state index is 10.7. The second-order valence-electron chi connectivity index (χ2n) is 9.03. The largest absolute Gasteiger partial charge is 0.394 e. The summed E-state index contributed by atoms with van der Waals surface area (Å²) >= 11 is 0. The number of hydrogen-bond acceptors (Lipinski definition) is 12. The quantitative estimate of drug-likeness (QED) is 0.211. The molecule has 0 radical (unpaired) electrons. The van der Waals surface area contributed by atoms with Gasteiger partial charge in [0.25, 0.3) is 5.95 Å². The lowest BCUT2D eigenvalue weighted by atomic mass is 10.1. The van der Waals surface area contributed by atoms with E-state index in [2.05, 4.69) is 30.6 Å². The molecule has 2 saturated heterocycles. The molecule has 0 amide bonds. The van der Waals surface area contributed by atoms with Crippen molar-refractivity contribution in [1.29, 1.82) is 0 Å². The van der Waals surface area contributed by atoms with E-state index in [-0.39, 0.29) is 12.0 Å². The molecule has 2 fully saturated rings. The zero-order valence-electron chi connectivity index (χ0n) is 19.6. The number of nitrogens with one attached hydrogen (secondary N) is 1. The Morgan fingerprint density at radius 2 is 1.97 bits per heavy atom. The molecule has 3 aromatic heterocycles. The van der Waals surface area contributed by atoms with Crippen molar-refractivity contribution in [1.82, 2.24) is 34.5 Å². The standard InChI is InChI=1S/C23H26N8O6/c32-9-15-18(34)19(35)22(37-15)30-11-24-16-20(25-13-6-7-36-10-13)26-23(27-21(16)30)31-8-14(28-29-31)17(33)12-4-2-1-3-5-12/h1-5,8,11,13,15,17-19,22,32-35H,6-7,9-10H2,(H,25,26,27)/t13?,15-,17?,18-,19-,22-/m1/s1. The van der Waals surface area contributed by atoms with Gasteiger partial charge >= 0.3 is 0 Å². The van der Waals surface area contributed by atoms with Gasteiger partial charge in [-0.05, 0) is 12.0 Å². The van der Waals surface area contributed by atoms with Crippen molar-refractivity contribution >= 4 is 17.0 Å². The number of fused-ring (bicyclic) bond motifs is 1. The van der Waals surface area contributed by atoms with Crippen LogP contribution in [0.15, 0.2) is 42.9 Å². The van der Waals surface area contributed by atoms with E-state index in [1.807, 2.05) is 18.2 Å². The summed E-state index contributed by atoms with van der Waals surface area (Å²) in [6, 6.07) is 9.09. The maximum atomic E-state index is 10.7. The molecule has 2 aliphatic rings. The summed E-state index contributed by atoms with van der Waals surface area (Å²) in [5.41, 5.74) is 1.70. The van der Waals surface area contributed by atoms with Crippen LogP contribution in [-0.4, -0.2) is 99.1 Å². The predicted octanol–water partition coefficient (Wildman–Crippen LogP) is -0.699. The monoisotopic (exact) mass is 510 g/mol. The Labute approximate surface area is 210 Å². The topological polar surface area (TPSA) is 186 Å². The SMILES string of the molecule is OC[C@H]1O[C@@H](n2cnc3c(NC4CCOC4)nc(-n4cc(C(O)c5ccccc5)nn4)nc32)[C@H](O)[C@@H]1O. The third-order valence-electron chi connectivity index (χ3n) is 6.58. The minimum Gasteiger partial charge on any atom is -0.394 e. The van der Waals surface area contributed by atoms with Crippen LogP contribution in [0.2, 0.25) is 0 Å². The molecule has 1 aromatic carbocycles. The summed E-state index contributed by atoms with van der Waals surface area (Å²) in [6.45, 7) is 0.675. The van der Waals surface area contributed by atoms with Crippen LogP contribution in [-0.2, 0) is 9.47 Å². The summed E-state index contributed by atoms with van der Waals surface area (Å²) in [6.07, 6.45) is -1.81. The van der Waals surface area contributed by atoms with Crippen molar-refractivity contribution in [2.24, 2.45) is 0 Å². The number of aliphatic hydroxyl groups excluding tert-OH is 4. The van der Waals surface area contributed by atoms with Crippen LogP contribution >= 0.6 is 0 Å². The van der Waals surface area contributed by atoms with Gasteiger partial charge in [0.05, 0.1) is 31.8 Å². The predicted molar refractivity (Wildman–Crippen MR) is 127 cm³/mol. The summed E-state index contributed by atoms with van der Waals surface area (Å²) in [5, 5.41) is 52.6. The molecular weight excluding hydrogens is 484 g/mol. The Hall–Kier alpha value is -3.53. The van der Waals surface area contributed by atoms with E-state index in [1.54, 1.807) is 12.1 Å². The highest BCUT2D eigenvalue weighted by Crippen LogP contribution is 2.33. The molecule has 5 N–H and O–H groups in total. The first-order chi connectivity index (χ1) is 18.0. The molecule has 6 atom stereocenters. The lowest BCUT2D eigenvalue weighted by molar-refractivity contribution is -0.0511. The summed E-state index contributed by atoms with van der Waals surface area (Å²) in [4.78, 5) is 13.7. The van der Waals surface area contributed by atoms with Crippen molar-refractivity contribution in [3.8, 4) is 5.95 Å². The molecule has 14 heteroatoms. The van der Waals surface area contributed by atoms with Gasteiger partial charge in [-0.1, -0.05) is 35.5 Å². The minimum atomic E-state index is -1.31. The van der Waals surface area contributed by atoms with Crippen LogP contribution in [0.5, 0.6) is 0 Å². The van der Waals surface area contributed by atoms with Gasteiger partial charge in [-0.3, -0.25) is 4.57 Å². The molecule has 5 heterocycles. The van der Waals surface area contributed by atoms with Crippen molar-refractivity contribution in [3.63, 3.8) is 0 Å². The summed E-state index contributed by atoms with van der Waals surface area (Å²) < 4.78 is 14.0. The van der Waals surface area contributed by atoms with Gasteiger partial charge in [0.2, 0.25) is 0 Å². The molecule has 0 spiro atoms. The van der Waals surface area contributed by atoms with Gasteiger partial charge in [0.15, 0.2) is 23.2 Å². The number of hydrogen-bond donors (Lipinski definition) is 5. The van der Waals surface area contributed by atoms with E-state index in [4.69, 9.17) is 9.47 Å². The van der Waals surface area contributed by atoms with E-state index < -0.39 is 37.3 Å². The molecule has 6 rings (SSSR count). The molecule has 0 aliphatic carbocycles. The zero-order chi connectivity index (χ0) is 25.5. The fourth-order valence-electron chi connectivity index (χ4n) is 4.55. The van der Waals surface area contributed by atoms with Gasteiger partial charge in [-0.15, -0.1) is 5.10 Å². The lowest BCUT2D eigenvalue weighted by Crippen LogP contribution is -2.33. The van der Waals surface area contributed by atoms with E-state index in [9.17, 15) is 20.4 Å². The van der Waals surface area contributed by atoms with E-state index in [1.165, 1.54) is 21.8 Å². The summed E-state index contributed by atoms with van der Waals surface area (Å²) in [7, 11) is 0. The van der Waals surface area contributed by atoms with Gasteiger partial charge in [-0.25, -0.2) is 4.98 Å². The number of ether oxygens (including phenoxy) is 2. The van der Waals surface area contributed by atoms with Crippen molar-refractivity contribution in [2.45, 2.75) is 43.1 Å².